The molecule has 0 rings (SSSR count). The van der Waals surface area contributed by atoms with Crippen molar-refractivity contribution in [2.45, 2.75) is 19.8 Å². The number of hydrogen-bond acceptors (Lipinski definition) is 3. The van der Waals surface area contributed by atoms with Crippen LogP contribution in [-0.4, -0.2) is 35.0 Å². The average Bonchev–Trinajstić information content (AvgIpc) is 2.10. The molecule has 0 aromatic carbocycles. The fraction of sp³-hybridized carbons (Fsp3) is 1.00. The van der Waals surface area contributed by atoms with Crippen LogP contribution in [0.4, 0.5) is 0 Å². The maximum atomic E-state index is 2.26. The largest absolute Gasteiger partial charge is 0.165 e. The lowest BCUT2D eigenvalue weighted by molar-refractivity contribution is 0.896. The van der Waals surface area contributed by atoms with Gasteiger partial charge < -0.3 is 0 Å². The maximum Gasteiger partial charge on any atom is 0.00238 e. The third-order valence-electron chi connectivity index (χ3n) is 1.45. The van der Waals surface area contributed by atoms with Crippen molar-refractivity contribution in [1.82, 2.24) is 0 Å². The van der Waals surface area contributed by atoms with Gasteiger partial charge in [-0.15, -0.1) is 0 Å². The number of thioether (sulfide) groups is 3. The molecule has 0 bridgehead atoms. The summed E-state index contributed by atoms with van der Waals surface area (Å²) in [7, 11) is 0. The standard InChI is InChI=1S/C9H20S3/c1-3-4-5-11-8-9-12-7-6-10-2/h3-9H2,1-2H3. The SMILES string of the molecule is CCCCSCCSCCSC. The highest BCUT2D eigenvalue weighted by Gasteiger charge is 1.90. The predicted molar refractivity (Wildman–Crippen MR) is 67.9 cm³/mol. The van der Waals surface area contributed by atoms with Gasteiger partial charge in [0, 0.05) is 23.0 Å². The average molecular weight is 224 g/mol. The zero-order valence-electron chi connectivity index (χ0n) is 8.17. The molecule has 0 nitrogen and oxygen atoms in total. The Kier molecular flexibility index (Phi) is 13.1. The molecular formula is C9H20S3. The Labute approximate surface area is 90.0 Å². The van der Waals surface area contributed by atoms with Gasteiger partial charge in [-0.05, 0) is 18.4 Å². The van der Waals surface area contributed by atoms with E-state index in [0.29, 0.717) is 0 Å². The van der Waals surface area contributed by atoms with E-state index < -0.39 is 0 Å². The lowest BCUT2D eigenvalue weighted by Crippen LogP contribution is -1.90. The Bertz CT molecular complexity index is 66.2. The van der Waals surface area contributed by atoms with E-state index in [-0.39, 0.29) is 0 Å². The minimum Gasteiger partial charge on any atom is -0.165 e. The Hall–Kier alpha value is 1.05. The Morgan fingerprint density at radius 3 is 2.00 bits per heavy atom. The van der Waals surface area contributed by atoms with Crippen LogP contribution >= 0.6 is 35.3 Å². The molecule has 74 valence electrons. The lowest BCUT2D eigenvalue weighted by Gasteiger charge is -2.00. The quantitative estimate of drug-likeness (QED) is 0.549. The molecular weight excluding hydrogens is 204 g/mol. The minimum atomic E-state index is 1.31. The van der Waals surface area contributed by atoms with Crippen molar-refractivity contribution in [3.63, 3.8) is 0 Å². The molecule has 0 spiro atoms. The second-order valence-electron chi connectivity index (χ2n) is 2.57. The first-order valence-corrected chi connectivity index (χ1v) is 8.26. The third kappa shape index (κ3) is 11.1. The van der Waals surface area contributed by atoms with Crippen LogP contribution in [0.15, 0.2) is 0 Å². The number of hydrogen-bond donors (Lipinski definition) is 0. The first-order chi connectivity index (χ1) is 5.91. The summed E-state index contributed by atoms with van der Waals surface area (Å²) < 4.78 is 0. The van der Waals surface area contributed by atoms with Crippen LogP contribution in [0.25, 0.3) is 0 Å². The topological polar surface area (TPSA) is 0 Å². The molecule has 0 aliphatic carbocycles. The second-order valence-corrected chi connectivity index (χ2v) is 6.01. The Morgan fingerprint density at radius 1 is 0.833 bits per heavy atom. The zero-order chi connectivity index (χ0) is 9.07. The molecule has 0 atom stereocenters. The predicted octanol–water partition coefficient (Wildman–Crippen LogP) is 3.62. The molecule has 0 aromatic rings. The van der Waals surface area contributed by atoms with Crippen LogP contribution in [-0.2, 0) is 0 Å². The summed E-state index contributed by atoms with van der Waals surface area (Å²) in [6.45, 7) is 2.26. The fourth-order valence-corrected chi connectivity index (χ4v) is 3.69. The molecule has 0 fully saturated rings. The molecule has 0 saturated heterocycles. The van der Waals surface area contributed by atoms with E-state index in [9.17, 15) is 0 Å². The molecule has 3 heteroatoms. The summed E-state index contributed by atoms with van der Waals surface area (Å²) in [5.74, 6) is 6.69. The van der Waals surface area contributed by atoms with E-state index in [4.69, 9.17) is 0 Å². The van der Waals surface area contributed by atoms with Gasteiger partial charge in [-0.3, -0.25) is 0 Å². The molecule has 0 heterocycles. The molecule has 0 unspecified atom stereocenters. The van der Waals surface area contributed by atoms with Crippen molar-refractivity contribution >= 4 is 35.3 Å². The van der Waals surface area contributed by atoms with Gasteiger partial charge in [-0.2, -0.15) is 35.3 Å². The molecule has 12 heavy (non-hydrogen) atoms. The van der Waals surface area contributed by atoms with Gasteiger partial charge in [0.1, 0.15) is 0 Å². The fourth-order valence-electron chi connectivity index (χ4n) is 0.711. The highest BCUT2D eigenvalue weighted by Crippen LogP contribution is 2.10. The van der Waals surface area contributed by atoms with Crippen molar-refractivity contribution in [1.29, 1.82) is 0 Å². The van der Waals surface area contributed by atoms with E-state index in [2.05, 4.69) is 36.7 Å². The minimum absolute atomic E-state index is 1.31. The molecule has 0 aromatic heterocycles. The summed E-state index contributed by atoms with van der Waals surface area (Å²) in [6, 6.07) is 0. The van der Waals surface area contributed by atoms with Gasteiger partial charge in [-0.1, -0.05) is 13.3 Å². The first-order valence-electron chi connectivity index (χ1n) is 4.56. The van der Waals surface area contributed by atoms with Crippen molar-refractivity contribution in [2.24, 2.45) is 0 Å². The van der Waals surface area contributed by atoms with E-state index >= 15 is 0 Å². The molecule has 0 amide bonds. The number of rotatable bonds is 9. The van der Waals surface area contributed by atoms with Gasteiger partial charge in [0.05, 0.1) is 0 Å². The maximum absolute atomic E-state index is 2.26. The smallest absolute Gasteiger partial charge is 0.00238 e. The van der Waals surface area contributed by atoms with Gasteiger partial charge in [0.2, 0.25) is 0 Å². The molecule has 0 saturated carbocycles. The van der Waals surface area contributed by atoms with E-state index in [1.54, 1.807) is 0 Å². The first kappa shape index (κ1) is 13.1. The van der Waals surface area contributed by atoms with Gasteiger partial charge in [0.25, 0.3) is 0 Å². The lowest BCUT2D eigenvalue weighted by atomic mass is 10.4. The summed E-state index contributed by atoms with van der Waals surface area (Å²) in [4.78, 5) is 0. The van der Waals surface area contributed by atoms with E-state index in [0.717, 1.165) is 0 Å². The summed E-state index contributed by atoms with van der Waals surface area (Å²) >= 11 is 6.15. The van der Waals surface area contributed by atoms with Gasteiger partial charge in [-0.25, -0.2) is 0 Å². The Morgan fingerprint density at radius 2 is 1.42 bits per heavy atom. The third-order valence-corrected chi connectivity index (χ3v) is 4.63. The van der Waals surface area contributed by atoms with Crippen LogP contribution < -0.4 is 0 Å². The van der Waals surface area contributed by atoms with Crippen LogP contribution in [0.1, 0.15) is 19.8 Å². The summed E-state index contributed by atoms with van der Waals surface area (Å²) in [5, 5.41) is 0. The van der Waals surface area contributed by atoms with E-state index in [1.165, 1.54) is 41.6 Å². The summed E-state index contributed by atoms with van der Waals surface area (Å²) in [5.41, 5.74) is 0. The second kappa shape index (κ2) is 12.0. The van der Waals surface area contributed by atoms with Crippen molar-refractivity contribution in [3.8, 4) is 0 Å². The van der Waals surface area contributed by atoms with Crippen LogP contribution in [0.3, 0.4) is 0 Å². The van der Waals surface area contributed by atoms with Crippen molar-refractivity contribution < 1.29 is 0 Å². The molecule has 0 N–H and O–H groups in total. The van der Waals surface area contributed by atoms with Crippen LogP contribution in [0, 0.1) is 0 Å². The Balaban J connectivity index is 2.73. The normalized spacial score (nSPS) is 10.5. The van der Waals surface area contributed by atoms with E-state index in [1.807, 2.05) is 11.8 Å². The highest BCUT2D eigenvalue weighted by molar-refractivity contribution is 8.04. The van der Waals surface area contributed by atoms with Crippen LogP contribution in [0.2, 0.25) is 0 Å². The van der Waals surface area contributed by atoms with Gasteiger partial charge >= 0.3 is 0 Å². The van der Waals surface area contributed by atoms with Crippen molar-refractivity contribution in [2.75, 3.05) is 35.0 Å². The molecule has 0 aliphatic rings. The van der Waals surface area contributed by atoms with Crippen LogP contribution in [0.5, 0.6) is 0 Å². The molecule has 0 radical (unpaired) electrons. The summed E-state index contributed by atoms with van der Waals surface area (Å²) in [6.07, 6.45) is 4.91. The van der Waals surface area contributed by atoms with Crippen molar-refractivity contribution in [3.05, 3.63) is 0 Å². The highest BCUT2D eigenvalue weighted by atomic mass is 32.2. The number of unbranched alkanes of at least 4 members (excludes halogenated alkanes) is 1. The monoisotopic (exact) mass is 224 g/mol. The molecule has 0 aliphatic heterocycles. The zero-order valence-corrected chi connectivity index (χ0v) is 10.6. The van der Waals surface area contributed by atoms with Gasteiger partial charge in [0.15, 0.2) is 0 Å².